The van der Waals surface area contributed by atoms with Crippen molar-refractivity contribution >= 4 is 17.2 Å². The van der Waals surface area contributed by atoms with Crippen molar-refractivity contribution < 1.29 is 9.53 Å². The van der Waals surface area contributed by atoms with Crippen LogP contribution in [0.1, 0.15) is 23.2 Å². The SMILES string of the molecule is CCc1cnc(CNC(=O)C2(COC)CCNC2)s1. The molecule has 0 spiro atoms. The lowest BCUT2D eigenvalue weighted by Crippen LogP contribution is -2.45. The second-order valence-electron chi connectivity index (χ2n) is 4.90. The first-order valence-electron chi connectivity index (χ1n) is 6.62. The van der Waals surface area contributed by atoms with E-state index < -0.39 is 5.41 Å². The molecular weight excluding hydrogens is 262 g/mol. The molecule has 19 heavy (non-hydrogen) atoms. The molecule has 5 nitrogen and oxygen atoms in total. The summed E-state index contributed by atoms with van der Waals surface area (Å²) in [5.41, 5.74) is -0.417. The monoisotopic (exact) mass is 283 g/mol. The van der Waals surface area contributed by atoms with Crippen LogP contribution in [0, 0.1) is 5.41 Å². The summed E-state index contributed by atoms with van der Waals surface area (Å²) in [5, 5.41) is 7.19. The largest absolute Gasteiger partial charge is 0.384 e. The molecule has 1 fully saturated rings. The fourth-order valence-corrected chi connectivity index (χ4v) is 3.14. The molecule has 106 valence electrons. The Morgan fingerprint density at radius 2 is 2.53 bits per heavy atom. The number of ether oxygens (including phenoxy) is 1. The molecule has 1 aromatic heterocycles. The summed E-state index contributed by atoms with van der Waals surface area (Å²) in [6.45, 7) is 4.63. The van der Waals surface area contributed by atoms with Gasteiger partial charge in [-0.25, -0.2) is 4.98 Å². The van der Waals surface area contributed by atoms with Crippen molar-refractivity contribution in [2.45, 2.75) is 26.3 Å². The summed E-state index contributed by atoms with van der Waals surface area (Å²) in [7, 11) is 1.64. The molecule has 0 aliphatic carbocycles. The quantitative estimate of drug-likeness (QED) is 0.816. The number of hydrogen-bond donors (Lipinski definition) is 2. The van der Waals surface area contributed by atoms with Crippen molar-refractivity contribution in [1.29, 1.82) is 0 Å². The number of amides is 1. The maximum absolute atomic E-state index is 12.4. The maximum atomic E-state index is 12.4. The van der Waals surface area contributed by atoms with E-state index in [1.54, 1.807) is 18.4 Å². The lowest BCUT2D eigenvalue weighted by Gasteiger charge is -2.25. The van der Waals surface area contributed by atoms with Crippen LogP contribution in [-0.2, 0) is 22.5 Å². The number of rotatable bonds is 6. The number of aryl methyl sites for hydroxylation is 1. The van der Waals surface area contributed by atoms with Crippen LogP contribution in [-0.4, -0.2) is 37.7 Å². The Hall–Kier alpha value is -0.980. The first-order chi connectivity index (χ1) is 9.20. The van der Waals surface area contributed by atoms with E-state index in [2.05, 4.69) is 22.5 Å². The Bertz CT molecular complexity index is 427. The zero-order valence-electron chi connectivity index (χ0n) is 11.5. The topological polar surface area (TPSA) is 63.2 Å². The predicted octanol–water partition coefficient (Wildman–Crippen LogP) is 0.948. The molecule has 1 amide bonds. The van der Waals surface area contributed by atoms with Crippen LogP contribution in [0.2, 0.25) is 0 Å². The second-order valence-corrected chi connectivity index (χ2v) is 6.10. The zero-order chi connectivity index (χ0) is 13.7. The summed E-state index contributed by atoms with van der Waals surface area (Å²) in [4.78, 5) is 17.9. The molecule has 6 heteroatoms. The molecule has 0 saturated carbocycles. The smallest absolute Gasteiger partial charge is 0.230 e. The first-order valence-corrected chi connectivity index (χ1v) is 7.43. The van der Waals surface area contributed by atoms with Crippen LogP contribution in [0.15, 0.2) is 6.20 Å². The molecule has 2 rings (SSSR count). The van der Waals surface area contributed by atoms with E-state index >= 15 is 0 Å². The first kappa shape index (κ1) is 14.4. The number of carbonyl (C=O) groups excluding carboxylic acids is 1. The molecule has 1 aromatic rings. The third-order valence-electron chi connectivity index (χ3n) is 3.50. The number of carbonyl (C=O) groups is 1. The van der Waals surface area contributed by atoms with Gasteiger partial charge in [-0.1, -0.05) is 6.92 Å². The zero-order valence-corrected chi connectivity index (χ0v) is 12.3. The van der Waals surface area contributed by atoms with Gasteiger partial charge in [-0.2, -0.15) is 0 Å². The number of thiazole rings is 1. The molecule has 1 aliphatic heterocycles. The van der Waals surface area contributed by atoms with Crippen molar-refractivity contribution in [1.82, 2.24) is 15.6 Å². The molecule has 0 bridgehead atoms. The molecule has 2 N–H and O–H groups in total. The number of methoxy groups -OCH3 is 1. The Kier molecular flexibility index (Phi) is 4.90. The highest BCUT2D eigenvalue weighted by molar-refractivity contribution is 7.11. The molecule has 1 atom stereocenters. The van der Waals surface area contributed by atoms with Crippen LogP contribution < -0.4 is 10.6 Å². The predicted molar refractivity (Wildman–Crippen MR) is 75.1 cm³/mol. The highest BCUT2D eigenvalue weighted by atomic mass is 32.1. The number of nitrogens with zero attached hydrogens (tertiary/aromatic N) is 1. The molecule has 2 heterocycles. The van der Waals surface area contributed by atoms with Gasteiger partial charge < -0.3 is 15.4 Å². The van der Waals surface area contributed by atoms with Gasteiger partial charge in [-0.15, -0.1) is 11.3 Å². The lowest BCUT2D eigenvalue weighted by molar-refractivity contribution is -0.133. The van der Waals surface area contributed by atoms with Gasteiger partial charge in [0.15, 0.2) is 0 Å². The van der Waals surface area contributed by atoms with Gasteiger partial charge in [0.1, 0.15) is 5.01 Å². The van der Waals surface area contributed by atoms with E-state index in [9.17, 15) is 4.79 Å². The second kappa shape index (κ2) is 6.45. The van der Waals surface area contributed by atoms with E-state index in [4.69, 9.17) is 4.74 Å². The van der Waals surface area contributed by atoms with Crippen LogP contribution in [0.5, 0.6) is 0 Å². The summed E-state index contributed by atoms with van der Waals surface area (Å²) in [6.07, 6.45) is 3.70. The van der Waals surface area contributed by atoms with Gasteiger partial charge in [-0.05, 0) is 19.4 Å². The van der Waals surface area contributed by atoms with Gasteiger partial charge in [0.25, 0.3) is 0 Å². The number of aromatic nitrogens is 1. The molecule has 1 aliphatic rings. The minimum Gasteiger partial charge on any atom is -0.384 e. The van der Waals surface area contributed by atoms with Crippen LogP contribution in [0.25, 0.3) is 0 Å². The highest BCUT2D eigenvalue weighted by Gasteiger charge is 2.41. The minimum atomic E-state index is -0.417. The summed E-state index contributed by atoms with van der Waals surface area (Å²) < 4.78 is 5.21. The third-order valence-corrected chi connectivity index (χ3v) is 4.64. The van der Waals surface area contributed by atoms with Crippen molar-refractivity contribution in [3.05, 3.63) is 16.1 Å². The average Bonchev–Trinajstić information content (AvgIpc) is 3.05. The lowest BCUT2D eigenvalue weighted by atomic mass is 9.87. The van der Waals surface area contributed by atoms with Gasteiger partial charge in [0, 0.05) is 24.7 Å². The molecule has 1 saturated heterocycles. The van der Waals surface area contributed by atoms with Gasteiger partial charge >= 0.3 is 0 Å². The van der Waals surface area contributed by atoms with Crippen molar-refractivity contribution in [2.75, 3.05) is 26.8 Å². The van der Waals surface area contributed by atoms with Crippen molar-refractivity contribution in [3.8, 4) is 0 Å². The van der Waals surface area contributed by atoms with Crippen molar-refractivity contribution in [3.63, 3.8) is 0 Å². The molecule has 0 aromatic carbocycles. The summed E-state index contributed by atoms with van der Waals surface area (Å²) >= 11 is 1.66. The van der Waals surface area contributed by atoms with E-state index in [1.165, 1.54) is 4.88 Å². The number of hydrogen-bond acceptors (Lipinski definition) is 5. The van der Waals surface area contributed by atoms with Crippen LogP contribution in [0.3, 0.4) is 0 Å². The minimum absolute atomic E-state index is 0.0626. The highest BCUT2D eigenvalue weighted by Crippen LogP contribution is 2.26. The van der Waals surface area contributed by atoms with E-state index in [-0.39, 0.29) is 5.91 Å². The fourth-order valence-electron chi connectivity index (χ4n) is 2.34. The number of nitrogens with one attached hydrogen (secondary N) is 2. The Morgan fingerprint density at radius 1 is 1.68 bits per heavy atom. The Balaban J connectivity index is 1.92. The van der Waals surface area contributed by atoms with E-state index in [1.807, 2.05) is 6.20 Å². The third kappa shape index (κ3) is 3.32. The normalized spacial score (nSPS) is 22.6. The fraction of sp³-hybridized carbons (Fsp3) is 0.692. The molecular formula is C13H21N3O2S. The van der Waals surface area contributed by atoms with Crippen molar-refractivity contribution in [2.24, 2.45) is 5.41 Å². The Labute approximate surface area is 117 Å². The van der Waals surface area contributed by atoms with E-state index in [0.29, 0.717) is 19.7 Å². The van der Waals surface area contributed by atoms with Gasteiger partial charge in [0.05, 0.1) is 18.6 Å². The average molecular weight is 283 g/mol. The standard InChI is InChI=1S/C13H21N3O2S/c1-3-10-6-15-11(19-10)7-16-12(17)13(9-18-2)4-5-14-8-13/h6,14H,3-5,7-9H2,1-2H3,(H,16,17). The summed E-state index contributed by atoms with van der Waals surface area (Å²) in [6, 6.07) is 0. The maximum Gasteiger partial charge on any atom is 0.230 e. The molecule has 1 unspecified atom stereocenters. The Morgan fingerprint density at radius 3 is 3.11 bits per heavy atom. The van der Waals surface area contributed by atoms with Crippen LogP contribution in [0.4, 0.5) is 0 Å². The molecule has 0 radical (unpaired) electrons. The van der Waals surface area contributed by atoms with Crippen LogP contribution >= 0.6 is 11.3 Å². The van der Waals surface area contributed by atoms with Gasteiger partial charge in [0.2, 0.25) is 5.91 Å². The van der Waals surface area contributed by atoms with Gasteiger partial charge in [-0.3, -0.25) is 4.79 Å². The van der Waals surface area contributed by atoms with E-state index in [0.717, 1.165) is 24.4 Å². The summed E-state index contributed by atoms with van der Waals surface area (Å²) in [5.74, 6) is 0.0626.